The highest BCUT2D eigenvalue weighted by Crippen LogP contribution is 2.24. The molecule has 2 aromatic heterocycles. The highest BCUT2D eigenvalue weighted by atomic mass is 32.2. The summed E-state index contributed by atoms with van der Waals surface area (Å²) in [7, 11) is 0. The molecule has 0 saturated heterocycles. The van der Waals surface area contributed by atoms with Crippen molar-refractivity contribution in [3.05, 3.63) is 88.8 Å². The van der Waals surface area contributed by atoms with Crippen LogP contribution in [0.15, 0.2) is 82.5 Å². The standard InChI is InChI=1S/C20H15N3OS2/c24-19-16-10-4-5-12-18(16)25-20(23-19)17-11-6-7-14(22-17)13-21-26-15-8-2-1-3-9-15/h1-12,21H,13H2. The SMILES string of the molecule is O=c1nc(-c2cccc(CNSc3ccccc3)n2)sc2ccccc12. The van der Waals surface area contributed by atoms with Crippen molar-refractivity contribution < 1.29 is 0 Å². The lowest BCUT2D eigenvalue weighted by molar-refractivity contribution is 0.922. The maximum atomic E-state index is 12.2. The molecule has 4 aromatic rings. The maximum absolute atomic E-state index is 12.2. The molecule has 0 aliphatic heterocycles. The minimum Gasteiger partial charge on any atom is -0.267 e. The third kappa shape index (κ3) is 3.83. The molecule has 0 spiro atoms. The summed E-state index contributed by atoms with van der Waals surface area (Å²) in [4.78, 5) is 22.3. The molecular formula is C20H15N3OS2. The fourth-order valence-corrected chi connectivity index (χ4v) is 4.15. The number of aromatic nitrogens is 2. The Kier molecular flexibility index (Phi) is 5.06. The molecule has 2 heterocycles. The van der Waals surface area contributed by atoms with Crippen molar-refractivity contribution in [1.82, 2.24) is 14.7 Å². The number of rotatable bonds is 5. The molecule has 0 aliphatic rings. The number of fused-ring (bicyclic) bond motifs is 1. The van der Waals surface area contributed by atoms with Crippen molar-refractivity contribution in [1.29, 1.82) is 0 Å². The Balaban J connectivity index is 1.55. The monoisotopic (exact) mass is 377 g/mol. The van der Waals surface area contributed by atoms with E-state index in [2.05, 4.69) is 26.8 Å². The van der Waals surface area contributed by atoms with Gasteiger partial charge in [0.1, 0.15) is 5.01 Å². The van der Waals surface area contributed by atoms with Gasteiger partial charge in [-0.05, 0) is 48.3 Å². The summed E-state index contributed by atoms with van der Waals surface area (Å²) in [6.07, 6.45) is 0. The molecule has 1 N–H and O–H groups in total. The number of nitrogens with zero attached hydrogens (tertiary/aromatic N) is 2. The zero-order chi connectivity index (χ0) is 17.8. The van der Waals surface area contributed by atoms with Crippen molar-refractivity contribution in [3.63, 3.8) is 0 Å². The third-order valence-corrected chi connectivity index (χ3v) is 5.61. The minimum atomic E-state index is -0.209. The molecule has 4 rings (SSSR count). The first-order chi connectivity index (χ1) is 12.8. The molecule has 26 heavy (non-hydrogen) atoms. The van der Waals surface area contributed by atoms with Crippen LogP contribution in [0, 0.1) is 0 Å². The van der Waals surface area contributed by atoms with Crippen LogP contribution >= 0.6 is 23.3 Å². The molecule has 4 nitrogen and oxygen atoms in total. The number of benzene rings is 2. The summed E-state index contributed by atoms with van der Waals surface area (Å²) in [6, 6.07) is 23.4. The third-order valence-electron chi connectivity index (χ3n) is 3.74. The van der Waals surface area contributed by atoms with Crippen LogP contribution < -0.4 is 10.3 Å². The van der Waals surface area contributed by atoms with E-state index in [9.17, 15) is 4.79 Å². The van der Waals surface area contributed by atoms with E-state index >= 15 is 0 Å². The van der Waals surface area contributed by atoms with Gasteiger partial charge in [0, 0.05) is 16.1 Å². The lowest BCUT2D eigenvalue weighted by Crippen LogP contribution is -2.08. The minimum absolute atomic E-state index is 0.209. The fraction of sp³-hybridized carbons (Fsp3) is 0.0500. The van der Waals surface area contributed by atoms with Crippen LogP contribution in [0.3, 0.4) is 0 Å². The van der Waals surface area contributed by atoms with Gasteiger partial charge in [0.05, 0.1) is 16.8 Å². The number of hydrogen-bond donors (Lipinski definition) is 1. The molecule has 0 fully saturated rings. The van der Waals surface area contributed by atoms with Gasteiger partial charge in [-0.15, -0.1) is 11.3 Å². The normalized spacial score (nSPS) is 10.9. The lowest BCUT2D eigenvalue weighted by Gasteiger charge is -2.06. The average Bonchev–Trinajstić information content (AvgIpc) is 2.69. The molecule has 2 aromatic carbocycles. The first kappa shape index (κ1) is 16.9. The van der Waals surface area contributed by atoms with E-state index in [-0.39, 0.29) is 5.56 Å². The van der Waals surface area contributed by atoms with E-state index in [1.165, 1.54) is 11.3 Å². The molecule has 128 valence electrons. The lowest BCUT2D eigenvalue weighted by atomic mass is 10.3. The Bertz CT molecular complexity index is 1100. The van der Waals surface area contributed by atoms with Gasteiger partial charge in [-0.3, -0.25) is 9.52 Å². The van der Waals surface area contributed by atoms with Crippen molar-refractivity contribution >= 4 is 33.4 Å². The second kappa shape index (κ2) is 7.78. The second-order valence-electron chi connectivity index (χ2n) is 5.57. The van der Waals surface area contributed by atoms with Crippen LogP contribution in [0.4, 0.5) is 0 Å². The summed E-state index contributed by atoms with van der Waals surface area (Å²) < 4.78 is 4.24. The van der Waals surface area contributed by atoms with E-state index in [1.807, 2.05) is 54.6 Å². The summed E-state index contributed by atoms with van der Waals surface area (Å²) in [5.41, 5.74) is 1.42. The molecule has 6 heteroatoms. The highest BCUT2D eigenvalue weighted by Gasteiger charge is 2.08. The fourth-order valence-electron chi connectivity index (χ4n) is 2.50. The zero-order valence-corrected chi connectivity index (χ0v) is 15.4. The summed E-state index contributed by atoms with van der Waals surface area (Å²) in [5, 5.41) is 1.30. The first-order valence-electron chi connectivity index (χ1n) is 8.10. The molecule has 0 unspecified atom stereocenters. The largest absolute Gasteiger partial charge is 0.279 e. The van der Waals surface area contributed by atoms with Crippen LogP contribution in [0.25, 0.3) is 20.8 Å². The van der Waals surface area contributed by atoms with Gasteiger partial charge in [0.15, 0.2) is 0 Å². The van der Waals surface area contributed by atoms with E-state index < -0.39 is 0 Å². The van der Waals surface area contributed by atoms with Gasteiger partial charge in [-0.2, -0.15) is 4.98 Å². The Morgan fingerprint density at radius 3 is 2.58 bits per heavy atom. The predicted octanol–water partition coefficient (Wildman–Crippen LogP) is 4.52. The Hall–Kier alpha value is -2.54. The van der Waals surface area contributed by atoms with Gasteiger partial charge in [0.2, 0.25) is 0 Å². The van der Waals surface area contributed by atoms with Crippen LogP contribution in [-0.4, -0.2) is 9.97 Å². The molecule has 0 saturated carbocycles. The predicted molar refractivity (Wildman–Crippen MR) is 108 cm³/mol. The first-order valence-corrected chi connectivity index (χ1v) is 9.74. The van der Waals surface area contributed by atoms with Crippen LogP contribution in [-0.2, 0) is 6.54 Å². The highest BCUT2D eigenvalue weighted by molar-refractivity contribution is 7.97. The second-order valence-corrected chi connectivity index (χ2v) is 7.57. The van der Waals surface area contributed by atoms with Crippen molar-refractivity contribution in [3.8, 4) is 10.7 Å². The summed E-state index contributed by atoms with van der Waals surface area (Å²) in [5.74, 6) is 0. The van der Waals surface area contributed by atoms with E-state index in [0.29, 0.717) is 16.9 Å². The van der Waals surface area contributed by atoms with Gasteiger partial charge in [0.25, 0.3) is 5.56 Å². The molecule has 0 amide bonds. The van der Waals surface area contributed by atoms with Crippen molar-refractivity contribution in [2.45, 2.75) is 11.4 Å². The van der Waals surface area contributed by atoms with Crippen LogP contribution in [0.1, 0.15) is 5.69 Å². The Morgan fingerprint density at radius 1 is 0.885 bits per heavy atom. The zero-order valence-electron chi connectivity index (χ0n) is 13.8. The molecular weight excluding hydrogens is 362 g/mol. The topological polar surface area (TPSA) is 54.9 Å². The maximum Gasteiger partial charge on any atom is 0.279 e. The molecule has 0 aliphatic carbocycles. The van der Waals surface area contributed by atoms with Gasteiger partial charge in [-0.25, -0.2) is 4.98 Å². The molecule has 0 bridgehead atoms. The molecule has 0 atom stereocenters. The van der Waals surface area contributed by atoms with E-state index in [0.717, 1.165) is 21.0 Å². The van der Waals surface area contributed by atoms with Crippen molar-refractivity contribution in [2.24, 2.45) is 0 Å². The number of hydrogen-bond acceptors (Lipinski definition) is 6. The quantitative estimate of drug-likeness (QED) is 0.519. The van der Waals surface area contributed by atoms with Crippen LogP contribution in [0.2, 0.25) is 0 Å². The Labute approximate surface area is 159 Å². The van der Waals surface area contributed by atoms with Gasteiger partial charge >= 0.3 is 0 Å². The summed E-state index contributed by atoms with van der Waals surface area (Å²) in [6.45, 7) is 0.621. The van der Waals surface area contributed by atoms with Gasteiger partial charge in [-0.1, -0.05) is 36.4 Å². The van der Waals surface area contributed by atoms with Crippen molar-refractivity contribution in [2.75, 3.05) is 0 Å². The average molecular weight is 377 g/mol. The van der Waals surface area contributed by atoms with Crippen LogP contribution in [0.5, 0.6) is 0 Å². The smallest absolute Gasteiger partial charge is 0.267 e. The van der Waals surface area contributed by atoms with E-state index in [4.69, 9.17) is 0 Å². The Morgan fingerprint density at radius 2 is 1.69 bits per heavy atom. The summed E-state index contributed by atoms with van der Waals surface area (Å²) >= 11 is 3.05. The number of pyridine rings is 1. The van der Waals surface area contributed by atoms with Gasteiger partial charge < -0.3 is 0 Å². The number of nitrogens with one attached hydrogen (secondary N) is 1. The van der Waals surface area contributed by atoms with E-state index in [1.54, 1.807) is 18.0 Å². The molecule has 0 radical (unpaired) electrons.